The van der Waals surface area contributed by atoms with Crippen LogP contribution in [0.25, 0.3) is 22.2 Å². The molecule has 33 heavy (non-hydrogen) atoms. The van der Waals surface area contributed by atoms with E-state index in [9.17, 15) is 9.59 Å². The summed E-state index contributed by atoms with van der Waals surface area (Å²) in [6, 6.07) is 18.7. The van der Waals surface area contributed by atoms with Gasteiger partial charge in [0.15, 0.2) is 5.16 Å². The third kappa shape index (κ3) is 3.85. The number of fused-ring (bicyclic) bond motifs is 2. The Hall–Kier alpha value is -3.71. The van der Waals surface area contributed by atoms with Gasteiger partial charge in [0.1, 0.15) is 5.65 Å². The van der Waals surface area contributed by atoms with Gasteiger partial charge in [0.2, 0.25) is 0 Å². The molecule has 0 atom stereocenters. The summed E-state index contributed by atoms with van der Waals surface area (Å²) < 4.78 is 3.24. The van der Waals surface area contributed by atoms with Gasteiger partial charge in [-0.25, -0.2) is 9.97 Å². The summed E-state index contributed by atoms with van der Waals surface area (Å²) in [5.74, 6) is 0.412. The standard InChI is InChI=1S/C26H22N4O2S/c1-16-11-12-22-27-19(13-23(31)29(22)14-16)15-33-26-28-21-10-5-4-9-20(21)25(32)30(26)24-17(2)7-6-8-18(24)3/h4-14H,15H2,1-3H3. The van der Waals surface area contributed by atoms with E-state index in [-0.39, 0.29) is 11.1 Å². The molecule has 0 fully saturated rings. The molecule has 0 aliphatic heterocycles. The Labute approximate surface area is 194 Å². The van der Waals surface area contributed by atoms with Crippen LogP contribution in [-0.2, 0) is 5.75 Å². The molecule has 0 radical (unpaired) electrons. The van der Waals surface area contributed by atoms with Crippen molar-refractivity contribution in [3.05, 3.63) is 110 Å². The molecule has 0 unspecified atom stereocenters. The van der Waals surface area contributed by atoms with Crippen molar-refractivity contribution in [3.63, 3.8) is 0 Å². The molecule has 5 aromatic rings. The van der Waals surface area contributed by atoms with Crippen LogP contribution in [-0.4, -0.2) is 18.9 Å². The van der Waals surface area contributed by atoms with Crippen LogP contribution in [0.2, 0.25) is 0 Å². The molecule has 0 aliphatic carbocycles. The minimum Gasteiger partial charge on any atom is -0.269 e. The molecular weight excluding hydrogens is 432 g/mol. The van der Waals surface area contributed by atoms with Gasteiger partial charge in [-0.2, -0.15) is 0 Å². The molecule has 0 N–H and O–H groups in total. The zero-order valence-corrected chi connectivity index (χ0v) is 19.4. The van der Waals surface area contributed by atoms with E-state index in [0.29, 0.717) is 33.2 Å². The smallest absolute Gasteiger partial charge is 0.266 e. The Balaban J connectivity index is 1.64. The molecule has 2 aromatic carbocycles. The van der Waals surface area contributed by atoms with Crippen molar-refractivity contribution in [3.8, 4) is 5.69 Å². The first-order valence-corrected chi connectivity index (χ1v) is 11.6. The van der Waals surface area contributed by atoms with Crippen LogP contribution >= 0.6 is 11.8 Å². The summed E-state index contributed by atoms with van der Waals surface area (Å²) in [5, 5.41) is 1.14. The summed E-state index contributed by atoms with van der Waals surface area (Å²) in [7, 11) is 0. The second kappa shape index (κ2) is 8.33. The molecule has 0 aliphatic rings. The van der Waals surface area contributed by atoms with Crippen molar-refractivity contribution in [1.82, 2.24) is 18.9 Å². The van der Waals surface area contributed by atoms with Crippen LogP contribution in [0, 0.1) is 20.8 Å². The number of para-hydroxylation sites is 2. The van der Waals surface area contributed by atoms with E-state index >= 15 is 0 Å². The van der Waals surface area contributed by atoms with Crippen molar-refractivity contribution in [2.24, 2.45) is 0 Å². The van der Waals surface area contributed by atoms with E-state index in [0.717, 1.165) is 22.4 Å². The third-order valence-electron chi connectivity index (χ3n) is 5.62. The SMILES string of the molecule is Cc1ccc2nc(CSc3nc4ccccc4c(=O)n3-c3c(C)cccc3C)cc(=O)n2c1. The molecule has 0 saturated heterocycles. The highest BCUT2D eigenvalue weighted by Crippen LogP contribution is 2.27. The molecule has 3 heterocycles. The van der Waals surface area contributed by atoms with E-state index < -0.39 is 0 Å². The van der Waals surface area contributed by atoms with Gasteiger partial charge in [0.25, 0.3) is 11.1 Å². The molecule has 0 saturated carbocycles. The largest absolute Gasteiger partial charge is 0.269 e. The van der Waals surface area contributed by atoms with Gasteiger partial charge in [-0.3, -0.25) is 18.6 Å². The predicted molar refractivity (Wildman–Crippen MR) is 133 cm³/mol. The fraction of sp³-hybridized carbons (Fsp3) is 0.154. The highest BCUT2D eigenvalue weighted by molar-refractivity contribution is 7.98. The van der Waals surface area contributed by atoms with Crippen LogP contribution < -0.4 is 11.1 Å². The molecule has 0 bridgehead atoms. The zero-order valence-electron chi connectivity index (χ0n) is 18.6. The minimum absolute atomic E-state index is 0.109. The van der Waals surface area contributed by atoms with Crippen molar-refractivity contribution in [2.45, 2.75) is 31.7 Å². The molecule has 164 valence electrons. The average molecular weight is 455 g/mol. The summed E-state index contributed by atoms with van der Waals surface area (Å²) in [6.07, 6.45) is 1.78. The number of rotatable bonds is 4. The summed E-state index contributed by atoms with van der Waals surface area (Å²) >= 11 is 1.40. The monoisotopic (exact) mass is 454 g/mol. The first-order chi connectivity index (χ1) is 15.9. The topological polar surface area (TPSA) is 69.3 Å². The molecular formula is C26H22N4O2S. The lowest BCUT2D eigenvalue weighted by molar-refractivity contribution is 0.808. The first-order valence-electron chi connectivity index (χ1n) is 10.6. The second-order valence-corrected chi connectivity index (χ2v) is 9.04. The van der Waals surface area contributed by atoms with Crippen molar-refractivity contribution >= 4 is 28.3 Å². The van der Waals surface area contributed by atoms with Gasteiger partial charge in [-0.05, 0) is 55.7 Å². The highest BCUT2D eigenvalue weighted by atomic mass is 32.2. The van der Waals surface area contributed by atoms with Crippen LogP contribution in [0.3, 0.4) is 0 Å². The van der Waals surface area contributed by atoms with E-state index in [4.69, 9.17) is 4.98 Å². The maximum atomic E-state index is 13.6. The maximum absolute atomic E-state index is 13.6. The fourth-order valence-electron chi connectivity index (χ4n) is 4.04. The van der Waals surface area contributed by atoms with Gasteiger partial charge >= 0.3 is 0 Å². The summed E-state index contributed by atoms with van der Waals surface area (Å²) in [4.78, 5) is 35.6. The Morgan fingerprint density at radius 2 is 1.64 bits per heavy atom. The molecule has 7 heteroatoms. The number of aryl methyl sites for hydroxylation is 3. The summed E-state index contributed by atoms with van der Waals surface area (Å²) in [5.41, 5.74) is 5.47. The molecule has 5 rings (SSSR count). The molecule has 0 amide bonds. The Morgan fingerprint density at radius 3 is 2.42 bits per heavy atom. The van der Waals surface area contributed by atoms with Crippen molar-refractivity contribution < 1.29 is 0 Å². The van der Waals surface area contributed by atoms with E-state index in [1.165, 1.54) is 11.8 Å². The van der Waals surface area contributed by atoms with Crippen LogP contribution in [0.15, 0.2) is 81.6 Å². The van der Waals surface area contributed by atoms with E-state index in [2.05, 4.69) is 4.98 Å². The second-order valence-electron chi connectivity index (χ2n) is 8.10. The minimum atomic E-state index is -0.127. The number of aromatic nitrogens is 4. The van der Waals surface area contributed by atoms with Gasteiger partial charge in [-0.1, -0.05) is 48.2 Å². The number of pyridine rings is 1. The lowest BCUT2D eigenvalue weighted by Gasteiger charge is -2.17. The van der Waals surface area contributed by atoms with Gasteiger partial charge < -0.3 is 0 Å². The van der Waals surface area contributed by atoms with E-state index in [1.54, 1.807) is 27.3 Å². The van der Waals surface area contributed by atoms with E-state index in [1.807, 2.05) is 69.3 Å². The van der Waals surface area contributed by atoms with Crippen molar-refractivity contribution in [2.75, 3.05) is 0 Å². The Kier molecular flexibility index (Phi) is 5.34. The van der Waals surface area contributed by atoms with Gasteiger partial charge in [0, 0.05) is 18.0 Å². The number of thioether (sulfide) groups is 1. The first kappa shape index (κ1) is 21.2. The maximum Gasteiger partial charge on any atom is 0.266 e. The normalized spacial score (nSPS) is 11.4. The molecule has 0 spiro atoms. The number of nitrogens with zero attached hydrogens (tertiary/aromatic N) is 4. The third-order valence-corrected chi connectivity index (χ3v) is 6.59. The highest BCUT2D eigenvalue weighted by Gasteiger charge is 2.17. The summed E-state index contributed by atoms with van der Waals surface area (Å²) in [6.45, 7) is 5.92. The molecule has 6 nitrogen and oxygen atoms in total. The predicted octanol–water partition coefficient (Wildman–Crippen LogP) is 4.61. The van der Waals surface area contributed by atoms with Gasteiger partial charge in [0.05, 0.1) is 22.3 Å². The van der Waals surface area contributed by atoms with Crippen LogP contribution in [0.4, 0.5) is 0 Å². The zero-order chi connectivity index (χ0) is 23.1. The fourth-order valence-corrected chi connectivity index (χ4v) is 4.93. The number of hydrogen-bond donors (Lipinski definition) is 0. The lowest BCUT2D eigenvalue weighted by Crippen LogP contribution is -2.23. The average Bonchev–Trinajstić information content (AvgIpc) is 2.79. The Morgan fingerprint density at radius 1 is 0.879 bits per heavy atom. The Bertz CT molecular complexity index is 1630. The van der Waals surface area contributed by atoms with Crippen LogP contribution in [0.1, 0.15) is 22.4 Å². The number of benzene rings is 2. The number of hydrogen-bond acceptors (Lipinski definition) is 5. The van der Waals surface area contributed by atoms with Crippen molar-refractivity contribution in [1.29, 1.82) is 0 Å². The lowest BCUT2D eigenvalue weighted by atomic mass is 10.1. The van der Waals surface area contributed by atoms with Crippen LogP contribution in [0.5, 0.6) is 0 Å². The molecule has 3 aromatic heterocycles. The van der Waals surface area contributed by atoms with Gasteiger partial charge in [-0.15, -0.1) is 0 Å². The quantitative estimate of drug-likeness (QED) is 0.293.